The van der Waals surface area contributed by atoms with Crippen molar-refractivity contribution in [3.05, 3.63) is 46.8 Å². The van der Waals surface area contributed by atoms with Gasteiger partial charge in [0.2, 0.25) is 0 Å². The molecule has 0 radical (unpaired) electrons. The molecule has 0 unspecified atom stereocenters. The molecule has 0 aliphatic heterocycles. The Morgan fingerprint density at radius 1 is 0.929 bits per heavy atom. The quantitative estimate of drug-likeness (QED) is 0.636. The summed E-state index contributed by atoms with van der Waals surface area (Å²) in [5, 5.41) is 0. The molecule has 2 aliphatic carbocycles. The summed E-state index contributed by atoms with van der Waals surface area (Å²) in [6.07, 6.45) is 16.5. The molecule has 0 saturated heterocycles. The van der Waals surface area contributed by atoms with Gasteiger partial charge in [-0.2, -0.15) is 0 Å². The largest absolute Gasteiger partial charge is 0.355 e. The molecule has 2 aliphatic rings. The van der Waals surface area contributed by atoms with Gasteiger partial charge in [0.15, 0.2) is 0 Å². The normalized spacial score (nSPS) is 17.7. The van der Waals surface area contributed by atoms with Crippen LogP contribution in [0.15, 0.2) is 24.3 Å². The maximum atomic E-state index is 3.48. The van der Waals surface area contributed by atoms with Crippen LogP contribution < -0.4 is 0 Å². The molecular formula is C13H13N. The molecule has 1 heteroatoms. The van der Waals surface area contributed by atoms with Crippen LogP contribution in [0.2, 0.25) is 0 Å². The van der Waals surface area contributed by atoms with Gasteiger partial charge in [-0.3, -0.25) is 0 Å². The zero-order valence-corrected chi connectivity index (χ0v) is 8.09. The third-order valence-corrected chi connectivity index (χ3v) is 2.96. The number of H-pyrrole nitrogens is 1. The zero-order chi connectivity index (χ0) is 9.38. The number of nitrogens with one attached hydrogen (secondary N) is 1. The van der Waals surface area contributed by atoms with Crippen molar-refractivity contribution < 1.29 is 0 Å². The Morgan fingerprint density at radius 2 is 1.86 bits per heavy atom. The third kappa shape index (κ3) is 1.09. The average molecular weight is 183 g/mol. The van der Waals surface area contributed by atoms with Crippen molar-refractivity contribution >= 4 is 12.2 Å². The number of aromatic amines is 1. The lowest BCUT2D eigenvalue weighted by molar-refractivity contribution is 0.967. The maximum Gasteiger partial charge on any atom is 0.0423 e. The van der Waals surface area contributed by atoms with Crippen molar-refractivity contribution in [1.29, 1.82) is 0 Å². The van der Waals surface area contributed by atoms with Gasteiger partial charge >= 0.3 is 0 Å². The molecule has 1 nitrogen and oxygen atoms in total. The van der Waals surface area contributed by atoms with Crippen molar-refractivity contribution in [3.8, 4) is 0 Å². The first-order valence-corrected chi connectivity index (χ1v) is 5.18. The maximum absolute atomic E-state index is 3.48. The number of allylic oxidation sites excluding steroid dienone is 4. The van der Waals surface area contributed by atoms with Gasteiger partial charge in [-0.25, -0.2) is 0 Å². The van der Waals surface area contributed by atoms with Crippen LogP contribution in [0.4, 0.5) is 0 Å². The second kappa shape index (κ2) is 3.02. The van der Waals surface area contributed by atoms with E-state index in [0.29, 0.717) is 0 Å². The van der Waals surface area contributed by atoms with E-state index in [9.17, 15) is 0 Å². The molecule has 0 saturated carbocycles. The highest BCUT2D eigenvalue weighted by Crippen LogP contribution is 2.28. The molecule has 1 heterocycles. The van der Waals surface area contributed by atoms with Crippen molar-refractivity contribution in [2.24, 2.45) is 0 Å². The summed E-state index contributed by atoms with van der Waals surface area (Å²) in [5.74, 6) is 0. The topological polar surface area (TPSA) is 15.8 Å². The van der Waals surface area contributed by atoms with Crippen LogP contribution in [-0.2, 0) is 12.8 Å². The summed E-state index contributed by atoms with van der Waals surface area (Å²) in [5.41, 5.74) is 5.64. The number of fused-ring (bicyclic) bond motifs is 3. The number of rotatable bonds is 0. The molecule has 14 heavy (non-hydrogen) atoms. The van der Waals surface area contributed by atoms with Gasteiger partial charge in [0.1, 0.15) is 0 Å². The van der Waals surface area contributed by atoms with Gasteiger partial charge in [0.25, 0.3) is 0 Å². The molecule has 1 aromatic rings. The fourth-order valence-corrected chi connectivity index (χ4v) is 2.27. The fraction of sp³-hybridized carbons (Fsp3) is 0.231. The van der Waals surface area contributed by atoms with Gasteiger partial charge in [0.05, 0.1) is 0 Å². The fourth-order valence-electron chi connectivity index (χ4n) is 2.27. The molecular weight excluding hydrogens is 170 g/mol. The Labute approximate surface area is 83.8 Å². The lowest BCUT2D eigenvalue weighted by Gasteiger charge is -2.06. The van der Waals surface area contributed by atoms with Crippen molar-refractivity contribution in [3.63, 3.8) is 0 Å². The molecule has 3 rings (SSSR count). The Hall–Kier alpha value is -1.50. The molecule has 1 aromatic heterocycles. The second-order valence-corrected chi connectivity index (χ2v) is 3.84. The Bertz CT molecular complexity index is 444. The highest BCUT2D eigenvalue weighted by atomic mass is 14.7. The lowest BCUT2D eigenvalue weighted by Crippen LogP contribution is -1.94. The minimum atomic E-state index is 1.07. The van der Waals surface area contributed by atoms with Crippen LogP contribution in [0.25, 0.3) is 12.2 Å². The summed E-state index contributed by atoms with van der Waals surface area (Å²) >= 11 is 0. The number of hydrogen-bond donors (Lipinski definition) is 1. The summed E-state index contributed by atoms with van der Waals surface area (Å²) in [6.45, 7) is 0. The van der Waals surface area contributed by atoms with Gasteiger partial charge in [0, 0.05) is 11.4 Å². The summed E-state index contributed by atoms with van der Waals surface area (Å²) in [4.78, 5) is 3.48. The number of aromatic nitrogens is 1. The molecule has 0 bridgehead atoms. The van der Waals surface area contributed by atoms with E-state index in [1.165, 1.54) is 35.4 Å². The van der Waals surface area contributed by atoms with Gasteiger partial charge < -0.3 is 4.98 Å². The molecule has 70 valence electrons. The Balaban J connectivity index is 2.20. The average Bonchev–Trinajstić information content (AvgIpc) is 2.42. The predicted octanol–water partition coefficient (Wildman–Crippen LogP) is 3.10. The van der Waals surface area contributed by atoms with Crippen molar-refractivity contribution in [2.45, 2.75) is 19.3 Å². The summed E-state index contributed by atoms with van der Waals surface area (Å²) < 4.78 is 0. The molecule has 0 spiro atoms. The Morgan fingerprint density at radius 3 is 2.86 bits per heavy atom. The van der Waals surface area contributed by atoms with Crippen LogP contribution >= 0.6 is 0 Å². The monoisotopic (exact) mass is 183 g/mol. The SMILES string of the molecule is C1=CCc2c([nH]c3c2CCC=C3)C=C1. The van der Waals surface area contributed by atoms with Gasteiger partial charge in [-0.05, 0) is 42.5 Å². The van der Waals surface area contributed by atoms with Crippen LogP contribution in [0.3, 0.4) is 0 Å². The Kier molecular flexibility index (Phi) is 1.69. The van der Waals surface area contributed by atoms with E-state index in [4.69, 9.17) is 0 Å². The first kappa shape index (κ1) is 7.86. The van der Waals surface area contributed by atoms with E-state index >= 15 is 0 Å². The highest BCUT2D eigenvalue weighted by molar-refractivity contribution is 5.65. The van der Waals surface area contributed by atoms with Crippen LogP contribution in [0.1, 0.15) is 28.9 Å². The van der Waals surface area contributed by atoms with E-state index in [1.807, 2.05) is 0 Å². The zero-order valence-electron chi connectivity index (χ0n) is 8.09. The van der Waals surface area contributed by atoms with E-state index in [2.05, 4.69) is 41.4 Å². The lowest BCUT2D eigenvalue weighted by atomic mass is 9.98. The minimum Gasteiger partial charge on any atom is -0.355 e. The van der Waals surface area contributed by atoms with Crippen molar-refractivity contribution in [2.75, 3.05) is 0 Å². The third-order valence-electron chi connectivity index (χ3n) is 2.96. The first-order valence-electron chi connectivity index (χ1n) is 5.18. The second-order valence-electron chi connectivity index (χ2n) is 3.84. The molecule has 0 fully saturated rings. The van der Waals surface area contributed by atoms with Gasteiger partial charge in [-0.15, -0.1) is 0 Å². The first-order chi connectivity index (χ1) is 6.95. The van der Waals surface area contributed by atoms with E-state index < -0.39 is 0 Å². The molecule has 0 aromatic carbocycles. The summed E-state index contributed by atoms with van der Waals surface area (Å²) in [7, 11) is 0. The number of hydrogen-bond acceptors (Lipinski definition) is 0. The smallest absolute Gasteiger partial charge is 0.0423 e. The molecule has 0 amide bonds. The van der Waals surface area contributed by atoms with Gasteiger partial charge in [-0.1, -0.05) is 24.3 Å². The predicted molar refractivity (Wildman–Crippen MR) is 60.0 cm³/mol. The van der Waals surface area contributed by atoms with Crippen LogP contribution in [-0.4, -0.2) is 4.98 Å². The van der Waals surface area contributed by atoms with Crippen LogP contribution in [0.5, 0.6) is 0 Å². The molecule has 0 atom stereocenters. The highest BCUT2D eigenvalue weighted by Gasteiger charge is 2.15. The van der Waals surface area contributed by atoms with Crippen molar-refractivity contribution in [1.82, 2.24) is 4.98 Å². The van der Waals surface area contributed by atoms with E-state index in [-0.39, 0.29) is 0 Å². The van der Waals surface area contributed by atoms with Crippen LogP contribution in [0, 0.1) is 0 Å². The summed E-state index contributed by atoms with van der Waals surface area (Å²) in [6, 6.07) is 0. The minimum absolute atomic E-state index is 1.07. The van der Waals surface area contributed by atoms with E-state index in [1.54, 1.807) is 0 Å². The van der Waals surface area contributed by atoms with E-state index in [0.717, 1.165) is 6.42 Å². The molecule has 1 N–H and O–H groups in total. The standard InChI is InChI=1S/C13H13N/c1-2-6-10-11-7-4-5-9-13(11)14-12(10)8-3-1/h1-3,5,8-9,14H,4,6-7H2.